The summed E-state index contributed by atoms with van der Waals surface area (Å²) in [6, 6.07) is 9.63. The average molecular weight is 357 g/mol. The standard InChI is InChI=1S/C16H24IN/c1-4-9-18-15(14-11-16(14,2)3)10-12-5-7-13(17)8-6-12/h5-8,14-15,18H,4,9-11H2,1-3H3. The van der Waals surface area contributed by atoms with Gasteiger partial charge in [0.25, 0.3) is 0 Å². The first-order valence-electron chi connectivity index (χ1n) is 7.01. The largest absolute Gasteiger partial charge is 0.313 e. The second kappa shape index (κ2) is 5.91. The van der Waals surface area contributed by atoms with E-state index in [-0.39, 0.29) is 0 Å². The van der Waals surface area contributed by atoms with Crippen molar-refractivity contribution >= 4 is 22.6 Å². The fourth-order valence-electron chi connectivity index (χ4n) is 2.76. The van der Waals surface area contributed by atoms with Gasteiger partial charge in [-0.3, -0.25) is 0 Å². The van der Waals surface area contributed by atoms with Crippen molar-refractivity contribution in [1.82, 2.24) is 5.32 Å². The maximum absolute atomic E-state index is 3.75. The van der Waals surface area contributed by atoms with E-state index in [1.165, 1.54) is 28.4 Å². The summed E-state index contributed by atoms with van der Waals surface area (Å²) in [5.41, 5.74) is 2.01. The van der Waals surface area contributed by atoms with Crippen molar-refractivity contribution in [3.63, 3.8) is 0 Å². The SMILES string of the molecule is CCCNC(Cc1ccc(I)cc1)C1CC1(C)C. The molecule has 2 unspecified atom stereocenters. The van der Waals surface area contributed by atoms with Gasteiger partial charge in [-0.2, -0.15) is 0 Å². The molecule has 1 fully saturated rings. The summed E-state index contributed by atoms with van der Waals surface area (Å²) in [5.74, 6) is 0.850. The van der Waals surface area contributed by atoms with Crippen LogP contribution in [0.4, 0.5) is 0 Å². The molecule has 0 spiro atoms. The minimum absolute atomic E-state index is 0.550. The van der Waals surface area contributed by atoms with E-state index in [4.69, 9.17) is 0 Å². The second-order valence-corrected chi connectivity index (χ2v) is 7.44. The highest BCUT2D eigenvalue weighted by Crippen LogP contribution is 2.54. The summed E-state index contributed by atoms with van der Waals surface area (Å²) in [5, 5.41) is 3.75. The van der Waals surface area contributed by atoms with Gasteiger partial charge in [0, 0.05) is 9.61 Å². The average Bonchev–Trinajstić information content (AvgIpc) is 2.96. The van der Waals surface area contributed by atoms with Gasteiger partial charge in [0.05, 0.1) is 0 Å². The van der Waals surface area contributed by atoms with Crippen molar-refractivity contribution in [2.45, 2.75) is 46.1 Å². The number of halogens is 1. The Labute approximate surface area is 125 Å². The molecule has 2 atom stereocenters. The first-order chi connectivity index (χ1) is 8.53. The Kier molecular flexibility index (Phi) is 4.70. The van der Waals surface area contributed by atoms with Gasteiger partial charge in [-0.25, -0.2) is 0 Å². The van der Waals surface area contributed by atoms with Gasteiger partial charge in [-0.1, -0.05) is 32.9 Å². The van der Waals surface area contributed by atoms with Gasteiger partial charge in [0.15, 0.2) is 0 Å². The summed E-state index contributed by atoms with van der Waals surface area (Å²) >= 11 is 2.37. The lowest BCUT2D eigenvalue weighted by molar-refractivity contribution is 0.402. The van der Waals surface area contributed by atoms with Gasteiger partial charge in [0.2, 0.25) is 0 Å². The van der Waals surface area contributed by atoms with Crippen LogP contribution >= 0.6 is 22.6 Å². The summed E-state index contributed by atoms with van der Waals surface area (Å²) in [7, 11) is 0. The van der Waals surface area contributed by atoms with Crippen molar-refractivity contribution < 1.29 is 0 Å². The summed E-state index contributed by atoms with van der Waals surface area (Å²) in [6.45, 7) is 8.17. The third-order valence-electron chi connectivity index (χ3n) is 4.10. The molecule has 1 nitrogen and oxygen atoms in total. The molecule has 0 bridgehead atoms. The number of benzene rings is 1. The molecule has 1 aromatic rings. The molecule has 0 saturated heterocycles. The predicted molar refractivity (Wildman–Crippen MR) is 86.8 cm³/mol. The Morgan fingerprint density at radius 2 is 1.94 bits per heavy atom. The Hall–Kier alpha value is -0.0900. The van der Waals surface area contributed by atoms with Crippen molar-refractivity contribution in [2.24, 2.45) is 11.3 Å². The van der Waals surface area contributed by atoms with Crippen LogP contribution in [0.2, 0.25) is 0 Å². The molecule has 2 heteroatoms. The van der Waals surface area contributed by atoms with Crippen LogP contribution in [-0.4, -0.2) is 12.6 Å². The normalized spacial score (nSPS) is 22.8. The van der Waals surface area contributed by atoms with Crippen molar-refractivity contribution in [3.05, 3.63) is 33.4 Å². The molecule has 0 amide bonds. The molecule has 100 valence electrons. The van der Waals surface area contributed by atoms with Crippen LogP contribution in [-0.2, 0) is 6.42 Å². The third kappa shape index (κ3) is 3.70. The zero-order valence-electron chi connectivity index (χ0n) is 11.7. The lowest BCUT2D eigenvalue weighted by Gasteiger charge is -2.20. The maximum Gasteiger partial charge on any atom is 0.0141 e. The Bertz CT molecular complexity index is 383. The number of nitrogens with one attached hydrogen (secondary N) is 1. The van der Waals surface area contributed by atoms with Gasteiger partial charge in [-0.15, -0.1) is 0 Å². The predicted octanol–water partition coefficient (Wildman–Crippen LogP) is 4.25. The maximum atomic E-state index is 3.75. The van der Waals surface area contributed by atoms with E-state index in [1.807, 2.05) is 0 Å². The van der Waals surface area contributed by atoms with Crippen LogP contribution in [0, 0.1) is 14.9 Å². The molecule has 1 N–H and O–H groups in total. The van der Waals surface area contributed by atoms with Crippen LogP contribution in [0.3, 0.4) is 0 Å². The van der Waals surface area contributed by atoms with E-state index in [1.54, 1.807) is 0 Å². The topological polar surface area (TPSA) is 12.0 Å². The van der Waals surface area contributed by atoms with E-state index in [0.717, 1.165) is 12.5 Å². The highest BCUT2D eigenvalue weighted by atomic mass is 127. The molecular formula is C16H24IN. The molecule has 1 aliphatic rings. The molecule has 1 aromatic carbocycles. The number of hydrogen-bond acceptors (Lipinski definition) is 1. The molecule has 0 aliphatic heterocycles. The van der Waals surface area contributed by atoms with E-state index in [0.29, 0.717) is 11.5 Å². The second-order valence-electron chi connectivity index (χ2n) is 6.19. The third-order valence-corrected chi connectivity index (χ3v) is 4.82. The van der Waals surface area contributed by atoms with Gasteiger partial charge < -0.3 is 5.32 Å². The van der Waals surface area contributed by atoms with Crippen LogP contribution < -0.4 is 5.32 Å². The summed E-state index contributed by atoms with van der Waals surface area (Å²) in [4.78, 5) is 0. The van der Waals surface area contributed by atoms with Crippen LogP contribution in [0.25, 0.3) is 0 Å². The minimum atomic E-state index is 0.550. The highest BCUT2D eigenvalue weighted by Gasteiger charge is 2.49. The summed E-state index contributed by atoms with van der Waals surface area (Å²) < 4.78 is 1.32. The molecular weight excluding hydrogens is 333 g/mol. The fraction of sp³-hybridized carbons (Fsp3) is 0.625. The minimum Gasteiger partial charge on any atom is -0.313 e. The monoisotopic (exact) mass is 357 g/mol. The Balaban J connectivity index is 1.99. The number of hydrogen-bond donors (Lipinski definition) is 1. The Morgan fingerprint density at radius 1 is 1.33 bits per heavy atom. The lowest BCUT2D eigenvalue weighted by atomic mass is 9.97. The van der Waals surface area contributed by atoms with E-state index in [2.05, 4.69) is 72.9 Å². The first kappa shape index (κ1) is 14.3. The molecule has 1 aliphatic carbocycles. The van der Waals surface area contributed by atoms with E-state index in [9.17, 15) is 0 Å². The van der Waals surface area contributed by atoms with E-state index >= 15 is 0 Å². The molecule has 0 radical (unpaired) electrons. The fourth-order valence-corrected chi connectivity index (χ4v) is 3.12. The molecule has 0 heterocycles. The van der Waals surface area contributed by atoms with Crippen molar-refractivity contribution in [2.75, 3.05) is 6.54 Å². The Morgan fingerprint density at radius 3 is 2.44 bits per heavy atom. The van der Waals surface area contributed by atoms with Gasteiger partial charge in [-0.05, 0) is 77.4 Å². The van der Waals surface area contributed by atoms with Crippen LogP contribution in [0.15, 0.2) is 24.3 Å². The lowest BCUT2D eigenvalue weighted by Crippen LogP contribution is -2.35. The zero-order valence-corrected chi connectivity index (χ0v) is 13.8. The zero-order chi connectivity index (χ0) is 13.2. The van der Waals surface area contributed by atoms with Crippen molar-refractivity contribution in [3.8, 4) is 0 Å². The van der Waals surface area contributed by atoms with Crippen LogP contribution in [0.1, 0.15) is 39.2 Å². The molecule has 18 heavy (non-hydrogen) atoms. The molecule has 1 saturated carbocycles. The molecule has 2 rings (SSSR count). The number of rotatable bonds is 6. The van der Waals surface area contributed by atoms with Gasteiger partial charge >= 0.3 is 0 Å². The van der Waals surface area contributed by atoms with Gasteiger partial charge in [0.1, 0.15) is 0 Å². The van der Waals surface area contributed by atoms with Crippen LogP contribution in [0.5, 0.6) is 0 Å². The van der Waals surface area contributed by atoms with Crippen molar-refractivity contribution in [1.29, 1.82) is 0 Å². The quantitative estimate of drug-likeness (QED) is 0.751. The molecule has 0 aromatic heterocycles. The summed E-state index contributed by atoms with van der Waals surface area (Å²) in [6.07, 6.45) is 3.76. The highest BCUT2D eigenvalue weighted by molar-refractivity contribution is 14.1. The first-order valence-corrected chi connectivity index (χ1v) is 8.08. The smallest absolute Gasteiger partial charge is 0.0141 e. The van der Waals surface area contributed by atoms with E-state index < -0.39 is 0 Å².